The predicted molar refractivity (Wildman–Crippen MR) is 92.3 cm³/mol. The molecule has 1 fully saturated rings. The van der Waals surface area contributed by atoms with E-state index in [9.17, 15) is 4.79 Å². The minimum atomic E-state index is 0.0198. The molecule has 1 N–H and O–H groups in total. The number of hydrogen-bond donors (Lipinski definition) is 1. The molecular weight excluding hydrogens is 302 g/mol. The Morgan fingerprint density at radius 2 is 1.96 bits per heavy atom. The summed E-state index contributed by atoms with van der Waals surface area (Å²) < 4.78 is 5.56. The second kappa shape index (κ2) is 6.00. The van der Waals surface area contributed by atoms with Crippen molar-refractivity contribution in [2.45, 2.75) is 12.8 Å². The van der Waals surface area contributed by atoms with Crippen molar-refractivity contribution in [3.05, 3.63) is 59.9 Å². The number of likely N-dealkylation sites (tertiary alicyclic amines) is 1. The molecule has 122 valence electrons. The van der Waals surface area contributed by atoms with E-state index in [0.29, 0.717) is 31.0 Å². The molecule has 0 bridgehead atoms. The third-order valence-corrected chi connectivity index (χ3v) is 4.38. The summed E-state index contributed by atoms with van der Waals surface area (Å²) >= 11 is 0. The zero-order chi connectivity index (χ0) is 16.5. The van der Waals surface area contributed by atoms with E-state index >= 15 is 0 Å². The summed E-state index contributed by atoms with van der Waals surface area (Å²) in [6, 6.07) is 15.4. The second-order valence-electron chi connectivity index (χ2n) is 5.98. The number of rotatable bonds is 4. The Kier molecular flexibility index (Phi) is 3.69. The van der Waals surface area contributed by atoms with Crippen LogP contribution >= 0.6 is 0 Å². The molecule has 2 aromatic carbocycles. The van der Waals surface area contributed by atoms with E-state index in [1.165, 1.54) is 0 Å². The van der Waals surface area contributed by atoms with Crippen LogP contribution in [0.1, 0.15) is 29.0 Å². The monoisotopic (exact) mass is 321 g/mol. The van der Waals surface area contributed by atoms with Gasteiger partial charge in [-0.15, -0.1) is 0 Å². The van der Waals surface area contributed by atoms with Crippen LogP contribution in [0.15, 0.2) is 48.5 Å². The molecule has 5 heteroatoms. The van der Waals surface area contributed by atoms with Crippen molar-refractivity contribution in [2.24, 2.45) is 0 Å². The van der Waals surface area contributed by atoms with Crippen LogP contribution in [-0.4, -0.2) is 40.5 Å². The fraction of sp³-hybridized carbons (Fsp3) is 0.263. The number of benzene rings is 2. The number of para-hydroxylation sites is 3. The van der Waals surface area contributed by atoms with Crippen molar-refractivity contribution in [1.29, 1.82) is 0 Å². The van der Waals surface area contributed by atoms with Gasteiger partial charge in [0.25, 0.3) is 5.91 Å². The predicted octanol–water partition coefficient (Wildman–Crippen LogP) is 3.20. The van der Waals surface area contributed by atoms with Gasteiger partial charge in [0, 0.05) is 13.1 Å². The Bertz CT molecular complexity index is 848. The molecule has 24 heavy (non-hydrogen) atoms. The van der Waals surface area contributed by atoms with Crippen molar-refractivity contribution in [3.63, 3.8) is 0 Å². The lowest BCUT2D eigenvalue weighted by Crippen LogP contribution is -2.48. The molecule has 0 spiro atoms. The number of imidazole rings is 1. The van der Waals surface area contributed by atoms with Crippen LogP contribution in [0.25, 0.3) is 11.0 Å². The van der Waals surface area contributed by atoms with Gasteiger partial charge in [0.1, 0.15) is 11.6 Å². The van der Waals surface area contributed by atoms with Crippen LogP contribution < -0.4 is 4.74 Å². The molecule has 1 aliphatic heterocycles. The first-order valence-electron chi connectivity index (χ1n) is 8.22. The molecule has 0 atom stereocenters. The first-order chi connectivity index (χ1) is 11.8. The largest absolute Gasteiger partial charge is 0.493 e. The van der Waals surface area contributed by atoms with E-state index in [2.05, 4.69) is 9.97 Å². The zero-order valence-electron chi connectivity index (χ0n) is 13.5. The third kappa shape index (κ3) is 2.52. The van der Waals surface area contributed by atoms with Crippen molar-refractivity contribution in [1.82, 2.24) is 14.9 Å². The number of fused-ring (bicyclic) bond motifs is 1. The minimum absolute atomic E-state index is 0.0198. The molecule has 0 radical (unpaired) electrons. The summed E-state index contributed by atoms with van der Waals surface area (Å²) in [6.07, 6.45) is 0. The number of H-pyrrole nitrogens is 1. The molecule has 2 heterocycles. The molecule has 4 rings (SSSR count). The van der Waals surface area contributed by atoms with Crippen LogP contribution in [0, 0.1) is 0 Å². The van der Waals surface area contributed by atoms with Crippen LogP contribution in [0.3, 0.4) is 0 Å². The lowest BCUT2D eigenvalue weighted by Gasteiger charge is -2.38. The Balaban J connectivity index is 1.48. The Morgan fingerprint density at radius 1 is 1.21 bits per heavy atom. The second-order valence-corrected chi connectivity index (χ2v) is 5.98. The summed E-state index contributed by atoms with van der Waals surface area (Å²) in [5, 5.41) is 0. The van der Waals surface area contributed by atoms with Crippen molar-refractivity contribution in [2.75, 3.05) is 19.7 Å². The number of aromatic nitrogens is 2. The topological polar surface area (TPSA) is 58.2 Å². The van der Waals surface area contributed by atoms with Crippen LogP contribution in [0.2, 0.25) is 0 Å². The van der Waals surface area contributed by atoms with Gasteiger partial charge in [-0.3, -0.25) is 4.79 Å². The van der Waals surface area contributed by atoms with Crippen molar-refractivity contribution >= 4 is 16.9 Å². The number of amides is 1. The van der Waals surface area contributed by atoms with Crippen molar-refractivity contribution in [3.8, 4) is 5.75 Å². The number of carbonyl (C=O) groups excluding carboxylic acids is 1. The summed E-state index contributed by atoms with van der Waals surface area (Å²) in [5.41, 5.74) is 2.64. The first kappa shape index (κ1) is 14.8. The van der Waals surface area contributed by atoms with Crippen LogP contribution in [0.5, 0.6) is 5.75 Å². The van der Waals surface area contributed by atoms with Gasteiger partial charge in [-0.05, 0) is 31.2 Å². The smallest absolute Gasteiger partial charge is 0.257 e. The quantitative estimate of drug-likeness (QED) is 0.803. The van der Waals surface area contributed by atoms with E-state index in [0.717, 1.165) is 16.9 Å². The molecular formula is C19H19N3O2. The molecule has 0 aliphatic carbocycles. The maximum Gasteiger partial charge on any atom is 0.257 e. The Hall–Kier alpha value is -2.82. The number of nitrogens with zero attached hydrogens (tertiary/aromatic N) is 2. The number of nitrogens with one attached hydrogen (secondary N) is 1. The molecule has 3 aromatic rings. The van der Waals surface area contributed by atoms with Gasteiger partial charge in [-0.2, -0.15) is 0 Å². The molecule has 0 saturated carbocycles. The Labute approximate surface area is 140 Å². The van der Waals surface area contributed by atoms with E-state index in [4.69, 9.17) is 4.74 Å². The van der Waals surface area contributed by atoms with E-state index in [-0.39, 0.29) is 11.8 Å². The number of hydrogen-bond acceptors (Lipinski definition) is 3. The van der Waals surface area contributed by atoms with E-state index in [1.54, 1.807) is 0 Å². The number of aromatic amines is 1. The van der Waals surface area contributed by atoms with Gasteiger partial charge in [-0.25, -0.2) is 4.98 Å². The summed E-state index contributed by atoms with van der Waals surface area (Å²) in [4.78, 5) is 22.5. The maximum absolute atomic E-state index is 12.7. The number of ether oxygens (including phenoxy) is 1. The standard InChI is InChI=1S/C19H19N3O2/c1-2-24-17-10-6-3-7-14(17)19(23)22-11-13(12-22)18-20-15-8-4-5-9-16(15)21-18/h3-10,13H,2,11-12H2,1H3,(H,20,21). The van der Waals surface area contributed by atoms with Gasteiger partial charge in [0.15, 0.2) is 0 Å². The van der Waals surface area contributed by atoms with Gasteiger partial charge < -0.3 is 14.6 Å². The summed E-state index contributed by atoms with van der Waals surface area (Å²) in [7, 11) is 0. The molecule has 1 amide bonds. The SMILES string of the molecule is CCOc1ccccc1C(=O)N1CC(c2nc3ccccc3[nH]2)C1. The highest BCUT2D eigenvalue weighted by Crippen LogP contribution is 2.30. The van der Waals surface area contributed by atoms with Gasteiger partial charge in [0.2, 0.25) is 0 Å². The third-order valence-electron chi connectivity index (χ3n) is 4.38. The average Bonchev–Trinajstić information content (AvgIpc) is 2.97. The highest BCUT2D eigenvalue weighted by Gasteiger charge is 2.35. The normalized spacial score (nSPS) is 14.6. The maximum atomic E-state index is 12.7. The Morgan fingerprint density at radius 3 is 2.75 bits per heavy atom. The summed E-state index contributed by atoms with van der Waals surface area (Å²) in [5.74, 6) is 1.89. The molecule has 1 aliphatic rings. The number of carbonyl (C=O) groups is 1. The highest BCUT2D eigenvalue weighted by atomic mass is 16.5. The molecule has 1 saturated heterocycles. The summed E-state index contributed by atoms with van der Waals surface area (Å²) in [6.45, 7) is 3.83. The fourth-order valence-electron chi connectivity index (χ4n) is 3.08. The van der Waals surface area contributed by atoms with Crippen molar-refractivity contribution < 1.29 is 9.53 Å². The minimum Gasteiger partial charge on any atom is -0.493 e. The highest BCUT2D eigenvalue weighted by molar-refractivity contribution is 5.97. The lowest BCUT2D eigenvalue weighted by atomic mass is 9.98. The van der Waals surface area contributed by atoms with E-state index in [1.807, 2.05) is 60.4 Å². The van der Waals surface area contributed by atoms with Crippen LogP contribution in [-0.2, 0) is 0 Å². The van der Waals surface area contributed by atoms with Crippen LogP contribution in [0.4, 0.5) is 0 Å². The first-order valence-corrected chi connectivity index (χ1v) is 8.22. The average molecular weight is 321 g/mol. The van der Waals surface area contributed by atoms with Gasteiger partial charge in [-0.1, -0.05) is 24.3 Å². The van der Waals surface area contributed by atoms with Gasteiger partial charge in [0.05, 0.1) is 29.1 Å². The van der Waals surface area contributed by atoms with E-state index < -0.39 is 0 Å². The lowest BCUT2D eigenvalue weighted by molar-refractivity contribution is 0.0591. The molecule has 1 aromatic heterocycles. The van der Waals surface area contributed by atoms with Gasteiger partial charge >= 0.3 is 0 Å². The molecule has 0 unspecified atom stereocenters. The fourth-order valence-corrected chi connectivity index (χ4v) is 3.08. The zero-order valence-corrected chi connectivity index (χ0v) is 13.5. The molecule has 5 nitrogen and oxygen atoms in total.